The maximum absolute atomic E-state index is 12.4. The van der Waals surface area contributed by atoms with E-state index in [1.165, 1.54) is 0 Å². The van der Waals surface area contributed by atoms with E-state index in [9.17, 15) is 31.1 Å². The molecule has 0 aliphatic carbocycles. The third-order valence-electron chi connectivity index (χ3n) is 5.60. The normalized spacial score (nSPS) is 17.9. The van der Waals surface area contributed by atoms with Crippen molar-refractivity contribution in [2.75, 3.05) is 44.4 Å². The Morgan fingerprint density at radius 1 is 1.05 bits per heavy atom. The van der Waals surface area contributed by atoms with E-state index in [0.29, 0.717) is 18.2 Å². The van der Waals surface area contributed by atoms with Gasteiger partial charge in [-0.25, -0.2) is 14.6 Å². The summed E-state index contributed by atoms with van der Waals surface area (Å²) >= 11 is 1.62. The van der Waals surface area contributed by atoms with Gasteiger partial charge in [-0.1, -0.05) is 18.2 Å². The maximum Gasteiger partial charge on any atom is 0.490 e. The van der Waals surface area contributed by atoms with Crippen molar-refractivity contribution >= 4 is 29.6 Å². The molecule has 0 spiro atoms. The molecule has 1 atom stereocenters. The number of ether oxygens (including phenoxy) is 1. The van der Waals surface area contributed by atoms with Gasteiger partial charge in [-0.05, 0) is 38.1 Å². The number of rotatable bonds is 7. The Morgan fingerprint density at radius 2 is 1.56 bits per heavy atom. The van der Waals surface area contributed by atoms with Crippen molar-refractivity contribution in [1.82, 2.24) is 14.8 Å². The molecule has 3 rings (SSSR count). The van der Waals surface area contributed by atoms with E-state index in [1.807, 2.05) is 30.3 Å². The summed E-state index contributed by atoms with van der Waals surface area (Å²) in [5.41, 5.74) is 0. The van der Waals surface area contributed by atoms with Crippen LogP contribution in [0.3, 0.4) is 0 Å². The van der Waals surface area contributed by atoms with Gasteiger partial charge >= 0.3 is 24.3 Å². The van der Waals surface area contributed by atoms with E-state index in [2.05, 4.69) is 11.0 Å². The number of hydrogen-bond donors (Lipinski definition) is 3. The molecule has 1 amide bonds. The number of amides is 1. The van der Waals surface area contributed by atoms with Gasteiger partial charge in [0.2, 0.25) is 5.91 Å². The molecule has 2 saturated heterocycles. The van der Waals surface area contributed by atoms with Crippen molar-refractivity contribution < 1.29 is 55.7 Å². The van der Waals surface area contributed by atoms with E-state index in [1.54, 1.807) is 21.7 Å². The number of hydrogen-bond acceptors (Lipinski definition) is 9. The van der Waals surface area contributed by atoms with Crippen molar-refractivity contribution in [3.63, 3.8) is 0 Å². The van der Waals surface area contributed by atoms with Crippen molar-refractivity contribution in [3.05, 3.63) is 30.3 Å². The van der Waals surface area contributed by atoms with Crippen molar-refractivity contribution in [1.29, 1.82) is 5.26 Å². The first kappa shape index (κ1) is 35.8. The second-order valence-corrected chi connectivity index (χ2v) is 9.52. The molecule has 2 aliphatic rings. The number of halogens is 6. The molecule has 41 heavy (non-hydrogen) atoms. The van der Waals surface area contributed by atoms with E-state index in [0.717, 1.165) is 38.2 Å². The van der Waals surface area contributed by atoms with Crippen LogP contribution in [0, 0.1) is 11.3 Å². The van der Waals surface area contributed by atoms with Gasteiger partial charge in [0.05, 0.1) is 18.5 Å². The third-order valence-corrected chi connectivity index (χ3v) is 6.61. The van der Waals surface area contributed by atoms with E-state index in [4.69, 9.17) is 35.6 Å². The smallest absolute Gasteiger partial charge is 0.490 e. The lowest BCUT2D eigenvalue weighted by Gasteiger charge is -2.36. The van der Waals surface area contributed by atoms with Crippen LogP contribution in [0.5, 0.6) is 5.75 Å². The first-order chi connectivity index (χ1) is 19.1. The van der Waals surface area contributed by atoms with Gasteiger partial charge in [0.15, 0.2) is 0 Å². The van der Waals surface area contributed by atoms with Crippen LogP contribution >= 0.6 is 11.8 Å². The predicted octanol–water partition coefficient (Wildman–Crippen LogP) is 2.40. The standard InChI is InChI=1S/C19H27N5O2S.2C2HF3O2/c20-12-17-14-27-15-23(17)19(25)13-24(21)16-6-8-22(9-7-16)10-11-26-18-4-2-1-3-5-18;2*3-2(4,5)1(6)7/h1-5,16-17H,6-11,13-15,21H2;2*(H,6,7). The number of piperidine rings is 1. The lowest BCUT2D eigenvalue weighted by molar-refractivity contribution is -0.193. The molecule has 1 aromatic carbocycles. The highest BCUT2D eigenvalue weighted by Gasteiger charge is 2.39. The summed E-state index contributed by atoms with van der Waals surface area (Å²) in [5, 5.41) is 25.0. The summed E-state index contributed by atoms with van der Waals surface area (Å²) in [6.07, 6.45) is -8.29. The number of nitrogens with two attached hydrogens (primary N) is 1. The number of alkyl halides is 6. The highest BCUT2D eigenvalue weighted by molar-refractivity contribution is 7.99. The minimum atomic E-state index is -5.08. The SMILES string of the molecule is N#CC1CSCN1C(=O)CN(N)C1CCN(CCOc2ccccc2)CC1.O=C(O)C(F)(F)F.O=C(O)C(F)(F)F. The van der Waals surface area contributed by atoms with Gasteiger partial charge in [0, 0.05) is 18.3 Å². The molecule has 0 bridgehead atoms. The summed E-state index contributed by atoms with van der Waals surface area (Å²) in [7, 11) is 0. The largest absolute Gasteiger partial charge is 0.492 e. The number of carboxylic acids is 2. The Balaban J connectivity index is 0.000000497. The van der Waals surface area contributed by atoms with Crippen LogP contribution in [0.2, 0.25) is 0 Å². The summed E-state index contributed by atoms with van der Waals surface area (Å²) in [5.74, 6) is 2.79. The number of carbonyl (C=O) groups excluding carboxylic acids is 1. The quantitative estimate of drug-likeness (QED) is 0.234. The average molecular weight is 618 g/mol. The molecule has 0 aromatic heterocycles. The number of aliphatic carboxylic acids is 2. The Labute approximate surface area is 235 Å². The molecule has 0 saturated carbocycles. The van der Waals surface area contributed by atoms with Gasteiger partial charge in [-0.15, -0.1) is 11.8 Å². The number of nitriles is 1. The molecule has 1 unspecified atom stereocenters. The van der Waals surface area contributed by atoms with Crippen LogP contribution in [-0.4, -0.2) is 112 Å². The van der Waals surface area contributed by atoms with E-state index < -0.39 is 24.3 Å². The number of likely N-dealkylation sites (tertiary alicyclic amines) is 1. The van der Waals surface area contributed by atoms with E-state index >= 15 is 0 Å². The molecule has 2 fully saturated rings. The van der Waals surface area contributed by atoms with Gasteiger partial charge in [-0.3, -0.25) is 15.5 Å². The number of hydrazine groups is 1. The zero-order chi connectivity index (χ0) is 31.2. The van der Waals surface area contributed by atoms with Crippen molar-refractivity contribution in [2.24, 2.45) is 5.84 Å². The molecular weight excluding hydrogens is 588 g/mol. The fourth-order valence-corrected chi connectivity index (χ4v) is 4.56. The van der Waals surface area contributed by atoms with Gasteiger partial charge in [0.25, 0.3) is 0 Å². The predicted molar refractivity (Wildman–Crippen MR) is 133 cm³/mol. The van der Waals surface area contributed by atoms with Crippen molar-refractivity contribution in [3.8, 4) is 11.8 Å². The summed E-state index contributed by atoms with van der Waals surface area (Å²) < 4.78 is 69.2. The average Bonchev–Trinajstić information content (AvgIpc) is 3.39. The van der Waals surface area contributed by atoms with Crippen LogP contribution in [0.25, 0.3) is 0 Å². The van der Waals surface area contributed by atoms with Crippen LogP contribution < -0.4 is 10.6 Å². The van der Waals surface area contributed by atoms with Crippen LogP contribution in [0.1, 0.15) is 12.8 Å². The Morgan fingerprint density at radius 3 is 2.02 bits per heavy atom. The first-order valence-electron chi connectivity index (χ1n) is 11.8. The lowest BCUT2D eigenvalue weighted by Crippen LogP contribution is -2.52. The monoisotopic (exact) mass is 617 g/mol. The molecule has 2 aliphatic heterocycles. The fourth-order valence-electron chi connectivity index (χ4n) is 3.46. The highest BCUT2D eigenvalue weighted by atomic mass is 32.2. The number of carboxylic acid groups (broad SMARTS) is 2. The van der Waals surface area contributed by atoms with Gasteiger partial charge in [-0.2, -0.15) is 31.6 Å². The van der Waals surface area contributed by atoms with E-state index in [-0.39, 0.29) is 24.5 Å². The zero-order valence-electron chi connectivity index (χ0n) is 21.5. The van der Waals surface area contributed by atoms with Crippen LogP contribution in [0.15, 0.2) is 30.3 Å². The number of thioether (sulfide) groups is 1. The minimum Gasteiger partial charge on any atom is -0.492 e. The molecule has 4 N–H and O–H groups in total. The second kappa shape index (κ2) is 16.9. The molecule has 230 valence electrons. The lowest BCUT2D eigenvalue weighted by atomic mass is 10.0. The summed E-state index contributed by atoms with van der Waals surface area (Å²) in [4.78, 5) is 34.2. The molecule has 0 radical (unpaired) electrons. The van der Waals surface area contributed by atoms with Crippen molar-refractivity contribution in [2.45, 2.75) is 37.3 Å². The van der Waals surface area contributed by atoms with Crippen LogP contribution in [0.4, 0.5) is 26.3 Å². The minimum absolute atomic E-state index is 0.0484. The Kier molecular flexibility index (Phi) is 14.7. The zero-order valence-corrected chi connectivity index (χ0v) is 22.3. The van der Waals surface area contributed by atoms with Gasteiger partial charge < -0.3 is 19.8 Å². The molecule has 2 heterocycles. The fraction of sp³-hybridized carbons (Fsp3) is 0.565. The molecule has 18 heteroatoms. The number of para-hydroxylation sites is 1. The topological polar surface area (TPSA) is 160 Å². The number of carbonyl (C=O) groups is 3. The number of benzene rings is 1. The van der Waals surface area contributed by atoms with Crippen LogP contribution in [-0.2, 0) is 14.4 Å². The highest BCUT2D eigenvalue weighted by Crippen LogP contribution is 2.21. The summed E-state index contributed by atoms with van der Waals surface area (Å²) in [6.45, 7) is 3.64. The third kappa shape index (κ3) is 13.8. The summed E-state index contributed by atoms with van der Waals surface area (Å²) in [6, 6.07) is 11.9. The Bertz CT molecular complexity index is 995. The Hall–Kier alpha value is -3.27. The molecule has 1 aromatic rings. The van der Waals surface area contributed by atoms with Gasteiger partial charge in [0.1, 0.15) is 18.4 Å². The first-order valence-corrected chi connectivity index (χ1v) is 13.0. The maximum atomic E-state index is 12.4. The molecule has 11 nitrogen and oxygen atoms in total. The molecular formula is C23H29F6N5O6S. The number of nitrogens with zero attached hydrogens (tertiary/aromatic N) is 4. The second-order valence-electron chi connectivity index (χ2n) is 8.52.